The Hall–Kier alpha value is -2.11. The number of rotatable bonds is 2. The van der Waals surface area contributed by atoms with Gasteiger partial charge in [-0.3, -0.25) is 9.89 Å². The van der Waals surface area contributed by atoms with Crippen LogP contribution < -0.4 is 5.32 Å². The average Bonchev–Trinajstić information content (AvgIpc) is 2.86. The zero-order valence-corrected chi connectivity index (χ0v) is 12.0. The van der Waals surface area contributed by atoms with Crippen molar-refractivity contribution in [1.82, 2.24) is 10.2 Å². The van der Waals surface area contributed by atoms with E-state index in [9.17, 15) is 9.18 Å². The molecular weight excluding hydrogens is 316 g/mol. The number of amides is 1. The Labute approximate surface area is 128 Å². The van der Waals surface area contributed by atoms with Gasteiger partial charge in [0.2, 0.25) is 0 Å². The molecular formula is C14H8Cl2FN3O. The maximum Gasteiger partial charge on any atom is 0.276 e. The number of anilines is 1. The van der Waals surface area contributed by atoms with Crippen molar-refractivity contribution in [3.8, 4) is 0 Å². The molecule has 1 amide bonds. The van der Waals surface area contributed by atoms with Gasteiger partial charge in [-0.25, -0.2) is 4.39 Å². The molecule has 0 saturated heterocycles. The summed E-state index contributed by atoms with van der Waals surface area (Å²) in [5.41, 5.74) is 1.10. The summed E-state index contributed by atoms with van der Waals surface area (Å²) in [5.74, 6) is -1.06. The Kier molecular flexibility index (Phi) is 3.53. The van der Waals surface area contributed by atoms with E-state index in [1.807, 2.05) is 6.07 Å². The lowest BCUT2D eigenvalue weighted by Crippen LogP contribution is -2.13. The molecule has 0 unspecified atom stereocenters. The van der Waals surface area contributed by atoms with Gasteiger partial charge in [0.1, 0.15) is 5.82 Å². The number of halogens is 3. The maximum atomic E-state index is 13.1. The van der Waals surface area contributed by atoms with E-state index in [1.54, 1.807) is 18.2 Å². The van der Waals surface area contributed by atoms with Gasteiger partial charge < -0.3 is 5.32 Å². The lowest BCUT2D eigenvalue weighted by Gasteiger charge is -2.08. The molecule has 0 saturated carbocycles. The first-order valence-corrected chi connectivity index (χ1v) is 6.71. The number of aromatic amines is 1. The van der Waals surface area contributed by atoms with Crippen molar-refractivity contribution >= 4 is 45.7 Å². The first-order valence-electron chi connectivity index (χ1n) is 5.95. The Morgan fingerprint density at radius 3 is 2.57 bits per heavy atom. The van der Waals surface area contributed by atoms with Gasteiger partial charge >= 0.3 is 0 Å². The monoisotopic (exact) mass is 323 g/mol. The lowest BCUT2D eigenvalue weighted by molar-refractivity contribution is 0.102. The first-order chi connectivity index (χ1) is 10.1. The van der Waals surface area contributed by atoms with Crippen LogP contribution in [-0.2, 0) is 0 Å². The van der Waals surface area contributed by atoms with E-state index in [-0.39, 0.29) is 21.4 Å². The number of nitrogens with zero attached hydrogens (tertiary/aromatic N) is 1. The Balaban J connectivity index is 1.97. The molecule has 3 rings (SSSR count). The third-order valence-corrected chi connectivity index (χ3v) is 3.53. The van der Waals surface area contributed by atoms with Gasteiger partial charge in [0, 0.05) is 5.39 Å². The van der Waals surface area contributed by atoms with Crippen LogP contribution in [0.1, 0.15) is 10.5 Å². The van der Waals surface area contributed by atoms with Crippen LogP contribution in [0.25, 0.3) is 10.9 Å². The van der Waals surface area contributed by atoms with Crippen LogP contribution in [-0.4, -0.2) is 16.1 Å². The molecule has 3 aromatic rings. The summed E-state index contributed by atoms with van der Waals surface area (Å²) in [5, 5.41) is 9.99. The minimum absolute atomic E-state index is 0.0215. The molecule has 21 heavy (non-hydrogen) atoms. The number of H-pyrrole nitrogens is 1. The normalized spacial score (nSPS) is 10.8. The number of benzene rings is 2. The maximum absolute atomic E-state index is 13.1. The molecule has 0 spiro atoms. The highest BCUT2D eigenvalue weighted by Gasteiger charge is 2.17. The van der Waals surface area contributed by atoms with Gasteiger partial charge in [-0.1, -0.05) is 41.4 Å². The number of hydrogen-bond donors (Lipinski definition) is 2. The summed E-state index contributed by atoms with van der Waals surface area (Å²) in [6.07, 6.45) is 0. The van der Waals surface area contributed by atoms with Crippen molar-refractivity contribution in [3.05, 3.63) is 58.0 Å². The van der Waals surface area contributed by atoms with Gasteiger partial charge in [-0.15, -0.1) is 0 Å². The van der Waals surface area contributed by atoms with Crippen LogP contribution in [0.2, 0.25) is 10.0 Å². The second kappa shape index (κ2) is 5.35. The van der Waals surface area contributed by atoms with Gasteiger partial charge in [0.15, 0.2) is 5.69 Å². The number of nitrogens with one attached hydrogen (secondary N) is 2. The standard InChI is InChI=1S/C14H8Cl2FN3O/c15-9-5-7(17)6-10(16)13(9)18-14(21)12-8-3-1-2-4-11(8)19-20-12/h1-6H,(H,18,21)(H,19,20). The van der Waals surface area contributed by atoms with E-state index in [0.29, 0.717) is 5.39 Å². The number of hydrogen-bond acceptors (Lipinski definition) is 2. The SMILES string of the molecule is O=C(Nc1c(Cl)cc(F)cc1Cl)c1n[nH]c2ccccc12. The second-order valence-corrected chi connectivity index (χ2v) is 5.13. The fourth-order valence-electron chi connectivity index (χ4n) is 1.97. The third kappa shape index (κ3) is 2.57. The van der Waals surface area contributed by atoms with Gasteiger partial charge in [0.05, 0.1) is 21.2 Å². The molecule has 0 aliphatic rings. The van der Waals surface area contributed by atoms with Crippen LogP contribution in [0.4, 0.5) is 10.1 Å². The van der Waals surface area contributed by atoms with Crippen molar-refractivity contribution in [3.63, 3.8) is 0 Å². The van der Waals surface area contributed by atoms with Crippen LogP contribution >= 0.6 is 23.2 Å². The number of carbonyl (C=O) groups is 1. The molecule has 1 aromatic heterocycles. The molecule has 7 heteroatoms. The summed E-state index contributed by atoms with van der Waals surface area (Å²) in [6.45, 7) is 0. The zero-order valence-electron chi connectivity index (χ0n) is 10.5. The lowest BCUT2D eigenvalue weighted by atomic mass is 10.2. The molecule has 2 aromatic carbocycles. The minimum atomic E-state index is -0.576. The fourth-order valence-corrected chi connectivity index (χ4v) is 2.53. The summed E-state index contributed by atoms with van der Waals surface area (Å²) in [6, 6.07) is 9.35. The molecule has 0 bridgehead atoms. The Bertz CT molecular complexity index is 824. The average molecular weight is 324 g/mol. The molecule has 0 fully saturated rings. The molecule has 1 heterocycles. The zero-order chi connectivity index (χ0) is 15.0. The molecule has 106 valence electrons. The fraction of sp³-hybridized carbons (Fsp3) is 0. The van der Waals surface area contributed by atoms with Crippen LogP contribution in [0, 0.1) is 5.82 Å². The van der Waals surface area contributed by atoms with Crippen molar-refractivity contribution in [2.75, 3.05) is 5.32 Å². The smallest absolute Gasteiger partial charge is 0.276 e. The van der Waals surface area contributed by atoms with Crippen LogP contribution in [0.5, 0.6) is 0 Å². The summed E-state index contributed by atoms with van der Waals surface area (Å²) >= 11 is 11.8. The number of fused-ring (bicyclic) bond motifs is 1. The first kappa shape index (κ1) is 13.9. The third-order valence-electron chi connectivity index (χ3n) is 2.93. The molecule has 0 aliphatic carbocycles. The van der Waals surface area contributed by atoms with Gasteiger partial charge in [-0.05, 0) is 18.2 Å². The molecule has 2 N–H and O–H groups in total. The van der Waals surface area contributed by atoms with Crippen molar-refractivity contribution in [2.24, 2.45) is 0 Å². The molecule has 0 aliphatic heterocycles. The van der Waals surface area contributed by atoms with Crippen molar-refractivity contribution in [1.29, 1.82) is 0 Å². The number of para-hydroxylation sites is 1. The second-order valence-electron chi connectivity index (χ2n) is 4.32. The van der Waals surface area contributed by atoms with E-state index in [2.05, 4.69) is 15.5 Å². The summed E-state index contributed by atoms with van der Waals surface area (Å²) < 4.78 is 13.1. The van der Waals surface area contributed by atoms with Crippen LogP contribution in [0.3, 0.4) is 0 Å². The van der Waals surface area contributed by atoms with E-state index < -0.39 is 11.7 Å². The molecule has 0 radical (unpaired) electrons. The Morgan fingerprint density at radius 1 is 1.19 bits per heavy atom. The number of carbonyl (C=O) groups excluding carboxylic acids is 1. The van der Waals surface area contributed by atoms with E-state index in [4.69, 9.17) is 23.2 Å². The van der Waals surface area contributed by atoms with Crippen molar-refractivity contribution < 1.29 is 9.18 Å². The predicted molar refractivity (Wildman–Crippen MR) is 80.5 cm³/mol. The van der Waals surface area contributed by atoms with E-state index >= 15 is 0 Å². The Morgan fingerprint density at radius 2 is 1.86 bits per heavy atom. The van der Waals surface area contributed by atoms with E-state index in [1.165, 1.54) is 0 Å². The summed E-state index contributed by atoms with van der Waals surface area (Å²) in [7, 11) is 0. The quantitative estimate of drug-likeness (QED) is 0.740. The highest BCUT2D eigenvalue weighted by Crippen LogP contribution is 2.32. The largest absolute Gasteiger partial charge is 0.318 e. The van der Waals surface area contributed by atoms with E-state index in [0.717, 1.165) is 17.6 Å². The number of aromatic nitrogens is 2. The van der Waals surface area contributed by atoms with Crippen molar-refractivity contribution in [2.45, 2.75) is 0 Å². The summed E-state index contributed by atoms with van der Waals surface area (Å²) in [4.78, 5) is 12.3. The highest BCUT2D eigenvalue weighted by molar-refractivity contribution is 6.40. The minimum Gasteiger partial charge on any atom is -0.318 e. The van der Waals surface area contributed by atoms with Crippen LogP contribution in [0.15, 0.2) is 36.4 Å². The molecule has 0 atom stereocenters. The molecule has 4 nitrogen and oxygen atoms in total. The predicted octanol–water partition coefficient (Wildman–Crippen LogP) is 4.26. The van der Waals surface area contributed by atoms with Gasteiger partial charge in [0.25, 0.3) is 5.91 Å². The topological polar surface area (TPSA) is 57.8 Å². The van der Waals surface area contributed by atoms with Gasteiger partial charge in [-0.2, -0.15) is 5.10 Å². The highest BCUT2D eigenvalue weighted by atomic mass is 35.5.